The summed E-state index contributed by atoms with van der Waals surface area (Å²) in [7, 11) is 0. The van der Waals surface area contributed by atoms with Crippen LogP contribution in [0.1, 0.15) is 5.56 Å². The molecule has 1 aliphatic rings. The van der Waals surface area contributed by atoms with Crippen molar-refractivity contribution in [2.75, 3.05) is 13.2 Å². The molecule has 0 amide bonds. The van der Waals surface area contributed by atoms with Gasteiger partial charge in [0.15, 0.2) is 0 Å². The van der Waals surface area contributed by atoms with Crippen LogP contribution in [0, 0.1) is 11.7 Å². The Balaban J connectivity index is 2.07. The molecule has 1 aliphatic heterocycles. The fraction of sp³-hybridized carbons (Fsp3) is 0.455. The summed E-state index contributed by atoms with van der Waals surface area (Å²) in [6, 6.07) is 6.88. The smallest absolute Gasteiger partial charge is 0.126 e. The summed E-state index contributed by atoms with van der Waals surface area (Å²) in [5, 5.41) is 0. The first-order valence-electron chi connectivity index (χ1n) is 4.84. The largest absolute Gasteiger partial charge is 0.379 e. The van der Waals surface area contributed by atoms with Gasteiger partial charge in [-0.25, -0.2) is 4.39 Å². The van der Waals surface area contributed by atoms with Crippen LogP contribution < -0.4 is 5.73 Å². The van der Waals surface area contributed by atoms with Crippen LogP contribution in [-0.4, -0.2) is 19.3 Å². The van der Waals surface area contributed by atoms with Crippen molar-refractivity contribution in [3.8, 4) is 0 Å². The standard InChI is InChI=1S/C11H14FNO/c12-10-4-2-1-3-8(10)5-9-6-14-7-11(9)13/h1-4,9,11H,5-7,13H2. The first-order valence-corrected chi connectivity index (χ1v) is 4.84. The zero-order valence-electron chi connectivity index (χ0n) is 7.95. The zero-order chi connectivity index (χ0) is 9.97. The third-order valence-electron chi connectivity index (χ3n) is 2.69. The summed E-state index contributed by atoms with van der Waals surface area (Å²) in [6.45, 7) is 1.24. The number of hydrogen-bond donors (Lipinski definition) is 1. The Morgan fingerprint density at radius 1 is 1.36 bits per heavy atom. The Morgan fingerprint density at radius 2 is 2.14 bits per heavy atom. The molecule has 3 heteroatoms. The first kappa shape index (κ1) is 9.62. The molecule has 2 N–H and O–H groups in total. The maximum absolute atomic E-state index is 13.3. The van der Waals surface area contributed by atoms with E-state index in [1.165, 1.54) is 6.07 Å². The van der Waals surface area contributed by atoms with Crippen LogP contribution in [0.4, 0.5) is 4.39 Å². The molecule has 1 aromatic rings. The number of hydrogen-bond acceptors (Lipinski definition) is 2. The zero-order valence-corrected chi connectivity index (χ0v) is 7.95. The molecular formula is C11H14FNO. The third-order valence-corrected chi connectivity index (χ3v) is 2.69. The second-order valence-corrected chi connectivity index (χ2v) is 3.76. The molecule has 1 heterocycles. The molecule has 0 saturated carbocycles. The van der Waals surface area contributed by atoms with Gasteiger partial charge in [-0.05, 0) is 18.1 Å². The summed E-state index contributed by atoms with van der Waals surface area (Å²) in [4.78, 5) is 0. The van der Waals surface area contributed by atoms with Crippen molar-refractivity contribution in [1.82, 2.24) is 0 Å². The van der Waals surface area contributed by atoms with Gasteiger partial charge >= 0.3 is 0 Å². The number of halogens is 1. The van der Waals surface area contributed by atoms with Crippen LogP contribution in [0.5, 0.6) is 0 Å². The van der Waals surface area contributed by atoms with E-state index in [1.807, 2.05) is 6.07 Å². The van der Waals surface area contributed by atoms with Crippen molar-refractivity contribution in [2.24, 2.45) is 11.7 Å². The monoisotopic (exact) mass is 195 g/mol. The minimum absolute atomic E-state index is 0.0506. The van der Waals surface area contributed by atoms with Crippen molar-refractivity contribution in [2.45, 2.75) is 12.5 Å². The van der Waals surface area contributed by atoms with Gasteiger partial charge in [0.05, 0.1) is 13.2 Å². The van der Waals surface area contributed by atoms with Crippen LogP contribution in [0.2, 0.25) is 0 Å². The lowest BCUT2D eigenvalue weighted by molar-refractivity contribution is 0.184. The van der Waals surface area contributed by atoms with E-state index in [0.717, 1.165) is 5.56 Å². The Labute approximate surface area is 82.9 Å². The second-order valence-electron chi connectivity index (χ2n) is 3.76. The summed E-state index contributed by atoms with van der Waals surface area (Å²) in [5.74, 6) is 0.110. The topological polar surface area (TPSA) is 35.2 Å². The predicted molar refractivity (Wildman–Crippen MR) is 52.4 cm³/mol. The summed E-state index contributed by atoms with van der Waals surface area (Å²) in [5.41, 5.74) is 6.56. The highest BCUT2D eigenvalue weighted by atomic mass is 19.1. The molecule has 2 unspecified atom stereocenters. The van der Waals surface area contributed by atoms with Gasteiger partial charge in [-0.3, -0.25) is 0 Å². The highest BCUT2D eigenvalue weighted by Gasteiger charge is 2.25. The van der Waals surface area contributed by atoms with E-state index >= 15 is 0 Å². The quantitative estimate of drug-likeness (QED) is 0.773. The first-order chi connectivity index (χ1) is 6.77. The fourth-order valence-corrected chi connectivity index (χ4v) is 1.77. The third kappa shape index (κ3) is 1.94. The molecule has 14 heavy (non-hydrogen) atoms. The lowest BCUT2D eigenvalue weighted by Crippen LogP contribution is -2.30. The van der Waals surface area contributed by atoms with Gasteiger partial charge in [-0.15, -0.1) is 0 Å². The molecule has 1 saturated heterocycles. The van der Waals surface area contributed by atoms with Crippen molar-refractivity contribution in [3.05, 3.63) is 35.6 Å². The van der Waals surface area contributed by atoms with Crippen LogP contribution in [0.25, 0.3) is 0 Å². The van der Waals surface area contributed by atoms with Crippen LogP contribution in [0.3, 0.4) is 0 Å². The van der Waals surface area contributed by atoms with Crippen molar-refractivity contribution < 1.29 is 9.13 Å². The van der Waals surface area contributed by atoms with Crippen LogP contribution in [-0.2, 0) is 11.2 Å². The van der Waals surface area contributed by atoms with Gasteiger partial charge < -0.3 is 10.5 Å². The molecule has 2 nitrogen and oxygen atoms in total. The molecule has 0 spiro atoms. The van der Waals surface area contributed by atoms with Gasteiger partial charge in [0.25, 0.3) is 0 Å². The summed E-state index contributed by atoms with van der Waals surface area (Å²) in [6.07, 6.45) is 0.674. The molecule has 0 aliphatic carbocycles. The SMILES string of the molecule is NC1COCC1Cc1ccccc1F. The normalized spacial score (nSPS) is 26.7. The van der Waals surface area contributed by atoms with E-state index in [0.29, 0.717) is 19.6 Å². The molecule has 0 aromatic heterocycles. The molecule has 2 rings (SSSR count). The molecule has 2 atom stereocenters. The Bertz CT molecular complexity index is 316. The van der Waals surface area contributed by atoms with Gasteiger partial charge in [-0.2, -0.15) is 0 Å². The summed E-state index contributed by atoms with van der Waals surface area (Å²) >= 11 is 0. The van der Waals surface area contributed by atoms with E-state index in [9.17, 15) is 4.39 Å². The van der Waals surface area contributed by atoms with E-state index in [1.54, 1.807) is 12.1 Å². The molecule has 1 fully saturated rings. The average molecular weight is 195 g/mol. The van der Waals surface area contributed by atoms with E-state index < -0.39 is 0 Å². The number of benzene rings is 1. The van der Waals surface area contributed by atoms with Gasteiger partial charge in [0.1, 0.15) is 5.82 Å². The van der Waals surface area contributed by atoms with Crippen molar-refractivity contribution in [3.63, 3.8) is 0 Å². The van der Waals surface area contributed by atoms with Crippen LogP contribution in [0.15, 0.2) is 24.3 Å². The minimum Gasteiger partial charge on any atom is -0.379 e. The minimum atomic E-state index is -0.147. The molecule has 1 aromatic carbocycles. The van der Waals surface area contributed by atoms with Gasteiger partial charge in [0, 0.05) is 12.0 Å². The van der Waals surface area contributed by atoms with Crippen molar-refractivity contribution >= 4 is 0 Å². The number of nitrogens with two attached hydrogens (primary N) is 1. The molecule has 0 radical (unpaired) electrons. The average Bonchev–Trinajstić information content (AvgIpc) is 2.56. The highest BCUT2D eigenvalue weighted by Crippen LogP contribution is 2.19. The number of rotatable bonds is 2. The maximum Gasteiger partial charge on any atom is 0.126 e. The highest BCUT2D eigenvalue weighted by molar-refractivity contribution is 5.18. The van der Waals surface area contributed by atoms with Gasteiger partial charge in [0.2, 0.25) is 0 Å². The lowest BCUT2D eigenvalue weighted by Gasteiger charge is -2.13. The maximum atomic E-state index is 13.3. The molecule has 76 valence electrons. The van der Waals surface area contributed by atoms with Gasteiger partial charge in [-0.1, -0.05) is 18.2 Å². The molecular weight excluding hydrogens is 181 g/mol. The fourth-order valence-electron chi connectivity index (χ4n) is 1.77. The predicted octanol–water partition coefficient (Wildman–Crippen LogP) is 1.34. The van der Waals surface area contributed by atoms with Crippen LogP contribution >= 0.6 is 0 Å². The second kappa shape index (κ2) is 4.07. The van der Waals surface area contributed by atoms with E-state index in [4.69, 9.17) is 10.5 Å². The Hall–Kier alpha value is -0.930. The molecule has 0 bridgehead atoms. The Kier molecular flexibility index (Phi) is 2.79. The number of ether oxygens (including phenoxy) is 1. The van der Waals surface area contributed by atoms with E-state index in [2.05, 4.69) is 0 Å². The lowest BCUT2D eigenvalue weighted by atomic mass is 9.95. The Morgan fingerprint density at radius 3 is 2.79 bits per heavy atom. The van der Waals surface area contributed by atoms with Crippen molar-refractivity contribution in [1.29, 1.82) is 0 Å². The summed E-state index contributed by atoms with van der Waals surface area (Å²) < 4.78 is 18.5. The van der Waals surface area contributed by atoms with E-state index in [-0.39, 0.29) is 17.8 Å².